The van der Waals surface area contributed by atoms with E-state index in [0.717, 1.165) is 10.2 Å². The van der Waals surface area contributed by atoms with Crippen LogP contribution < -0.4 is 21.9 Å². The third kappa shape index (κ3) is 4.83. The van der Waals surface area contributed by atoms with Crippen molar-refractivity contribution in [1.29, 1.82) is 0 Å². The lowest BCUT2D eigenvalue weighted by molar-refractivity contribution is -0.122. The van der Waals surface area contributed by atoms with E-state index in [9.17, 15) is 19.2 Å². The molecule has 0 unspecified atom stereocenters. The van der Waals surface area contributed by atoms with Crippen LogP contribution in [0.5, 0.6) is 0 Å². The number of aryl methyl sites for hydroxylation is 1. The SMILES string of the molecule is CC(C)CNC(=O)c1ccc2c(=O)n(C)c3nn(CC(=O)NCc4ccccc4Cl)c(=O)n3c2c1. The highest BCUT2D eigenvalue weighted by molar-refractivity contribution is 6.31. The molecule has 0 aliphatic carbocycles. The lowest BCUT2D eigenvalue weighted by Crippen LogP contribution is -2.32. The predicted octanol–water partition coefficient (Wildman–Crippen LogP) is 1.70. The highest BCUT2D eigenvalue weighted by Gasteiger charge is 2.19. The third-order valence-electron chi connectivity index (χ3n) is 5.56. The lowest BCUT2D eigenvalue weighted by Gasteiger charge is -2.09. The van der Waals surface area contributed by atoms with Crippen LogP contribution in [0.2, 0.25) is 5.02 Å². The minimum atomic E-state index is -0.603. The van der Waals surface area contributed by atoms with E-state index in [-0.39, 0.29) is 47.2 Å². The van der Waals surface area contributed by atoms with E-state index >= 15 is 0 Å². The Labute approximate surface area is 205 Å². The summed E-state index contributed by atoms with van der Waals surface area (Å²) >= 11 is 6.12. The molecule has 2 heterocycles. The summed E-state index contributed by atoms with van der Waals surface area (Å²) in [6.07, 6.45) is 0. The average Bonchev–Trinajstić information content (AvgIpc) is 3.16. The predicted molar refractivity (Wildman–Crippen MR) is 133 cm³/mol. The van der Waals surface area contributed by atoms with Crippen molar-refractivity contribution in [3.05, 3.63) is 79.5 Å². The van der Waals surface area contributed by atoms with E-state index in [2.05, 4.69) is 15.7 Å². The largest absolute Gasteiger partial charge is 0.352 e. The van der Waals surface area contributed by atoms with E-state index in [0.29, 0.717) is 17.1 Å². The topological polar surface area (TPSA) is 120 Å². The van der Waals surface area contributed by atoms with E-state index in [1.54, 1.807) is 24.3 Å². The van der Waals surface area contributed by atoms with Crippen LogP contribution >= 0.6 is 11.6 Å². The number of halogens is 1. The molecule has 182 valence electrons. The monoisotopic (exact) mass is 496 g/mol. The number of hydrogen-bond donors (Lipinski definition) is 2. The van der Waals surface area contributed by atoms with Gasteiger partial charge in [-0.3, -0.25) is 19.0 Å². The molecule has 11 heteroatoms. The Bertz CT molecular complexity index is 1570. The van der Waals surface area contributed by atoms with Crippen molar-refractivity contribution in [2.75, 3.05) is 6.54 Å². The molecular weight excluding hydrogens is 472 g/mol. The molecule has 0 spiro atoms. The number of aromatic nitrogens is 4. The number of nitrogens with zero attached hydrogens (tertiary/aromatic N) is 4. The van der Waals surface area contributed by atoms with Crippen molar-refractivity contribution in [2.24, 2.45) is 13.0 Å². The number of benzene rings is 2. The minimum Gasteiger partial charge on any atom is -0.352 e. The van der Waals surface area contributed by atoms with Gasteiger partial charge in [0.2, 0.25) is 11.7 Å². The summed E-state index contributed by atoms with van der Waals surface area (Å²) in [5, 5.41) is 10.5. The Morgan fingerprint density at radius 3 is 2.54 bits per heavy atom. The summed E-state index contributed by atoms with van der Waals surface area (Å²) in [5.41, 5.74) is 0.314. The second-order valence-corrected chi connectivity index (χ2v) is 9.05. The molecule has 0 saturated heterocycles. The molecule has 0 atom stereocenters. The van der Waals surface area contributed by atoms with Gasteiger partial charge in [-0.2, -0.15) is 0 Å². The first-order valence-electron chi connectivity index (χ1n) is 11.1. The van der Waals surface area contributed by atoms with E-state index < -0.39 is 11.6 Å². The van der Waals surface area contributed by atoms with Crippen LogP contribution in [-0.4, -0.2) is 37.1 Å². The Morgan fingerprint density at radius 2 is 1.83 bits per heavy atom. The molecule has 10 nitrogen and oxygen atoms in total. The number of carbonyl (C=O) groups excluding carboxylic acids is 2. The van der Waals surface area contributed by atoms with Crippen molar-refractivity contribution < 1.29 is 9.59 Å². The molecule has 0 aliphatic rings. The molecule has 2 aromatic heterocycles. The van der Waals surface area contributed by atoms with Crippen molar-refractivity contribution in [1.82, 2.24) is 29.4 Å². The van der Waals surface area contributed by atoms with Crippen LogP contribution in [-0.2, 0) is 24.9 Å². The summed E-state index contributed by atoms with van der Waals surface area (Å²) in [7, 11) is 1.49. The van der Waals surface area contributed by atoms with Gasteiger partial charge in [0.1, 0.15) is 6.54 Å². The van der Waals surface area contributed by atoms with Crippen molar-refractivity contribution in [3.63, 3.8) is 0 Å². The fraction of sp³-hybridized carbons (Fsp3) is 0.292. The standard InChI is InChI=1S/C24H25ClN6O4/c1-14(2)11-27-21(33)15-8-9-17-19(10-15)31-23(29(3)22(17)34)28-30(24(31)35)13-20(32)26-12-16-6-4-5-7-18(16)25/h4-10,14H,11-13H2,1-3H3,(H,26,32)(H,27,33). The maximum Gasteiger partial charge on any atom is 0.352 e. The first kappa shape index (κ1) is 24.2. The van der Waals surface area contributed by atoms with Crippen LogP contribution in [0, 0.1) is 5.92 Å². The van der Waals surface area contributed by atoms with Gasteiger partial charge in [-0.05, 0) is 35.7 Å². The first-order valence-corrected chi connectivity index (χ1v) is 11.5. The molecule has 0 fully saturated rings. The molecule has 0 bridgehead atoms. The molecule has 2 N–H and O–H groups in total. The lowest BCUT2D eigenvalue weighted by atomic mass is 10.1. The van der Waals surface area contributed by atoms with Gasteiger partial charge in [0.05, 0.1) is 10.9 Å². The minimum absolute atomic E-state index is 0.0612. The molecule has 0 aliphatic heterocycles. The zero-order valence-electron chi connectivity index (χ0n) is 19.5. The summed E-state index contributed by atoms with van der Waals surface area (Å²) in [4.78, 5) is 51.2. The molecule has 2 amide bonds. The summed E-state index contributed by atoms with van der Waals surface area (Å²) in [6.45, 7) is 4.29. The van der Waals surface area contributed by atoms with Gasteiger partial charge in [-0.25, -0.2) is 13.9 Å². The van der Waals surface area contributed by atoms with Gasteiger partial charge in [0.15, 0.2) is 0 Å². The Kier molecular flexibility index (Phi) is 6.74. The maximum atomic E-state index is 13.2. The van der Waals surface area contributed by atoms with Crippen LogP contribution in [0.25, 0.3) is 16.7 Å². The Morgan fingerprint density at radius 1 is 1.09 bits per heavy atom. The van der Waals surface area contributed by atoms with Gasteiger partial charge in [-0.15, -0.1) is 5.10 Å². The fourth-order valence-corrected chi connectivity index (χ4v) is 3.87. The maximum absolute atomic E-state index is 13.2. The fourth-order valence-electron chi connectivity index (χ4n) is 3.66. The van der Waals surface area contributed by atoms with E-state index in [1.807, 2.05) is 19.9 Å². The molecule has 4 aromatic rings. The van der Waals surface area contributed by atoms with Gasteiger partial charge in [0, 0.05) is 30.7 Å². The Hall–Kier alpha value is -3.92. The highest BCUT2D eigenvalue weighted by Crippen LogP contribution is 2.15. The first-order chi connectivity index (χ1) is 16.7. The number of rotatable bonds is 7. The van der Waals surface area contributed by atoms with Gasteiger partial charge in [0.25, 0.3) is 11.5 Å². The molecular formula is C24H25ClN6O4. The van der Waals surface area contributed by atoms with Gasteiger partial charge < -0.3 is 10.6 Å². The molecule has 0 saturated carbocycles. The highest BCUT2D eigenvalue weighted by atomic mass is 35.5. The van der Waals surface area contributed by atoms with E-state index in [4.69, 9.17) is 11.6 Å². The zero-order chi connectivity index (χ0) is 25.3. The second-order valence-electron chi connectivity index (χ2n) is 8.64. The van der Waals surface area contributed by atoms with Crippen molar-refractivity contribution >= 4 is 40.1 Å². The summed E-state index contributed by atoms with van der Waals surface area (Å²) in [6, 6.07) is 11.7. The zero-order valence-corrected chi connectivity index (χ0v) is 20.3. The van der Waals surface area contributed by atoms with Gasteiger partial charge in [-0.1, -0.05) is 43.6 Å². The van der Waals surface area contributed by atoms with Crippen LogP contribution in [0.3, 0.4) is 0 Å². The van der Waals surface area contributed by atoms with Crippen LogP contribution in [0.15, 0.2) is 52.1 Å². The Balaban J connectivity index is 1.69. The molecule has 0 radical (unpaired) electrons. The van der Waals surface area contributed by atoms with E-state index in [1.165, 1.54) is 28.1 Å². The quantitative estimate of drug-likeness (QED) is 0.403. The smallest absolute Gasteiger partial charge is 0.352 e. The number of amides is 2. The number of hydrogen-bond acceptors (Lipinski definition) is 5. The van der Waals surface area contributed by atoms with Crippen molar-refractivity contribution in [3.8, 4) is 0 Å². The van der Waals surface area contributed by atoms with Crippen molar-refractivity contribution in [2.45, 2.75) is 26.9 Å². The van der Waals surface area contributed by atoms with Gasteiger partial charge >= 0.3 is 5.69 Å². The summed E-state index contributed by atoms with van der Waals surface area (Å²) < 4.78 is 3.46. The van der Waals surface area contributed by atoms with Crippen LogP contribution in [0.1, 0.15) is 29.8 Å². The number of nitrogens with one attached hydrogen (secondary N) is 2. The number of fused-ring (bicyclic) bond motifs is 3. The molecule has 35 heavy (non-hydrogen) atoms. The number of carbonyl (C=O) groups is 2. The third-order valence-corrected chi connectivity index (χ3v) is 5.92. The normalized spacial score (nSPS) is 11.3. The molecule has 4 rings (SSSR count). The van der Waals surface area contributed by atoms with Crippen LogP contribution in [0.4, 0.5) is 0 Å². The summed E-state index contributed by atoms with van der Waals surface area (Å²) in [5.74, 6) is -0.429. The molecule has 2 aromatic carbocycles. The average molecular weight is 497 g/mol. The second kappa shape index (κ2) is 9.75.